The maximum absolute atomic E-state index is 13.4. The van der Waals surface area contributed by atoms with Crippen LogP contribution in [0.25, 0.3) is 0 Å². The number of nitrogens with zero attached hydrogens (tertiary/aromatic N) is 3. The Morgan fingerprint density at radius 2 is 2.00 bits per heavy atom. The summed E-state index contributed by atoms with van der Waals surface area (Å²) in [6, 6.07) is 5.51. The molecule has 26 heavy (non-hydrogen) atoms. The molecule has 1 unspecified atom stereocenters. The summed E-state index contributed by atoms with van der Waals surface area (Å²) in [4.78, 5) is 14.6. The van der Waals surface area contributed by atoms with Crippen molar-refractivity contribution in [3.8, 4) is 0 Å². The molecule has 0 aliphatic carbocycles. The van der Waals surface area contributed by atoms with Crippen LogP contribution in [0, 0.1) is 11.6 Å². The van der Waals surface area contributed by atoms with Crippen LogP contribution in [0.3, 0.4) is 0 Å². The van der Waals surface area contributed by atoms with Crippen LogP contribution in [0.1, 0.15) is 29.7 Å². The number of fused-ring (bicyclic) bond motifs is 1. The zero-order chi connectivity index (χ0) is 18.1. The molecule has 4 nitrogen and oxygen atoms in total. The minimum Gasteiger partial charge on any atom is -0.294 e. The maximum atomic E-state index is 13.4. The van der Waals surface area contributed by atoms with Crippen molar-refractivity contribution in [2.24, 2.45) is 0 Å². The van der Waals surface area contributed by atoms with Gasteiger partial charge < -0.3 is 0 Å². The van der Waals surface area contributed by atoms with Gasteiger partial charge in [0.1, 0.15) is 11.6 Å². The molecule has 1 fully saturated rings. The van der Waals surface area contributed by atoms with Gasteiger partial charge in [0.2, 0.25) is 0 Å². The van der Waals surface area contributed by atoms with Crippen LogP contribution in [0.15, 0.2) is 29.1 Å². The molecular weight excluding hydrogens is 356 g/mol. The number of hydrogen-bond acceptors (Lipinski definition) is 4. The van der Waals surface area contributed by atoms with Crippen LogP contribution in [-0.2, 0) is 25.3 Å². The SMILES string of the molecule is O=c1cc2c(nn1CC1CCCN1Cc1cc(F)cc(F)c1)CCSC2. The number of thioether (sulfide) groups is 1. The predicted molar refractivity (Wildman–Crippen MR) is 98.2 cm³/mol. The highest BCUT2D eigenvalue weighted by molar-refractivity contribution is 7.98. The third-order valence-corrected chi connectivity index (χ3v) is 6.10. The molecule has 0 amide bonds. The predicted octanol–water partition coefficient (Wildman–Crippen LogP) is 2.98. The highest BCUT2D eigenvalue weighted by atomic mass is 32.2. The van der Waals surface area contributed by atoms with E-state index in [0.717, 1.165) is 54.6 Å². The average Bonchev–Trinajstić information content (AvgIpc) is 3.01. The Morgan fingerprint density at radius 1 is 1.19 bits per heavy atom. The topological polar surface area (TPSA) is 38.1 Å². The lowest BCUT2D eigenvalue weighted by Gasteiger charge is -2.25. The molecule has 3 heterocycles. The number of aromatic nitrogens is 2. The molecule has 2 aliphatic heterocycles. The highest BCUT2D eigenvalue weighted by Crippen LogP contribution is 2.24. The summed E-state index contributed by atoms with van der Waals surface area (Å²) in [5.74, 6) is 0.792. The fourth-order valence-corrected chi connectivity index (χ4v) is 4.78. The summed E-state index contributed by atoms with van der Waals surface area (Å²) in [5, 5.41) is 4.59. The van der Waals surface area contributed by atoms with Crippen LogP contribution in [0.4, 0.5) is 8.78 Å². The molecule has 1 aromatic heterocycles. The molecule has 138 valence electrons. The van der Waals surface area contributed by atoms with Crippen molar-refractivity contribution in [2.45, 2.75) is 44.1 Å². The Labute approximate surface area is 155 Å². The third kappa shape index (κ3) is 3.83. The van der Waals surface area contributed by atoms with Crippen LogP contribution >= 0.6 is 11.8 Å². The Balaban J connectivity index is 1.51. The van der Waals surface area contributed by atoms with E-state index in [1.807, 2.05) is 11.8 Å². The van der Waals surface area contributed by atoms with E-state index in [-0.39, 0.29) is 11.6 Å². The third-order valence-electron chi connectivity index (χ3n) is 5.10. The van der Waals surface area contributed by atoms with Crippen molar-refractivity contribution in [2.75, 3.05) is 12.3 Å². The molecular formula is C19H21F2N3OS. The molecule has 0 N–H and O–H groups in total. The zero-order valence-electron chi connectivity index (χ0n) is 14.5. The van der Waals surface area contributed by atoms with Gasteiger partial charge in [0.15, 0.2) is 0 Å². The second kappa shape index (κ2) is 7.48. The van der Waals surface area contributed by atoms with Crippen LogP contribution in [0.5, 0.6) is 0 Å². The van der Waals surface area contributed by atoms with Crippen molar-refractivity contribution in [1.29, 1.82) is 0 Å². The normalized spacial score (nSPS) is 20.3. The van der Waals surface area contributed by atoms with Crippen molar-refractivity contribution in [1.82, 2.24) is 14.7 Å². The highest BCUT2D eigenvalue weighted by Gasteiger charge is 2.26. The van der Waals surface area contributed by atoms with Crippen LogP contribution in [0.2, 0.25) is 0 Å². The van der Waals surface area contributed by atoms with Crippen molar-refractivity contribution < 1.29 is 8.78 Å². The fraction of sp³-hybridized carbons (Fsp3) is 0.474. The van der Waals surface area contributed by atoms with Gasteiger partial charge >= 0.3 is 0 Å². The number of rotatable bonds is 4. The van der Waals surface area contributed by atoms with Gasteiger partial charge in [0.05, 0.1) is 12.2 Å². The fourth-order valence-electron chi connectivity index (χ4n) is 3.83. The van der Waals surface area contributed by atoms with Gasteiger partial charge in [-0.2, -0.15) is 16.9 Å². The molecule has 4 rings (SSSR count). The van der Waals surface area contributed by atoms with Crippen molar-refractivity contribution in [3.63, 3.8) is 0 Å². The smallest absolute Gasteiger partial charge is 0.267 e. The molecule has 1 atom stereocenters. The van der Waals surface area contributed by atoms with E-state index < -0.39 is 11.6 Å². The van der Waals surface area contributed by atoms with Gasteiger partial charge in [0, 0.05) is 36.9 Å². The molecule has 0 radical (unpaired) electrons. The summed E-state index contributed by atoms with van der Waals surface area (Å²) in [5.41, 5.74) is 2.65. The first-order valence-corrected chi connectivity index (χ1v) is 10.1. The van der Waals surface area contributed by atoms with Crippen LogP contribution in [-0.4, -0.2) is 33.0 Å². The summed E-state index contributed by atoms with van der Waals surface area (Å²) in [7, 11) is 0. The van der Waals surface area contributed by atoms with Crippen molar-refractivity contribution >= 4 is 11.8 Å². The van der Waals surface area contributed by atoms with E-state index in [1.54, 1.807) is 10.7 Å². The lowest BCUT2D eigenvalue weighted by molar-refractivity contribution is 0.215. The average molecular weight is 377 g/mol. The van der Waals surface area contributed by atoms with Crippen LogP contribution < -0.4 is 5.56 Å². The molecule has 0 spiro atoms. The van der Waals surface area contributed by atoms with E-state index in [1.165, 1.54) is 12.1 Å². The van der Waals surface area contributed by atoms with Crippen molar-refractivity contribution in [3.05, 3.63) is 63.1 Å². The van der Waals surface area contributed by atoms with Gasteiger partial charge in [0.25, 0.3) is 5.56 Å². The number of aryl methyl sites for hydroxylation is 1. The molecule has 7 heteroatoms. The molecule has 1 saturated heterocycles. The van der Waals surface area contributed by atoms with Gasteiger partial charge in [-0.1, -0.05) is 0 Å². The number of hydrogen-bond donors (Lipinski definition) is 0. The van der Waals surface area contributed by atoms with Gasteiger partial charge in [-0.3, -0.25) is 9.69 Å². The van der Waals surface area contributed by atoms with E-state index in [2.05, 4.69) is 10.00 Å². The van der Waals surface area contributed by atoms with Gasteiger partial charge in [-0.15, -0.1) is 0 Å². The Bertz CT molecular complexity index is 850. The monoisotopic (exact) mass is 377 g/mol. The second-order valence-electron chi connectivity index (χ2n) is 6.98. The van der Waals surface area contributed by atoms with Gasteiger partial charge in [-0.05, 0) is 48.4 Å². The Hall–Kier alpha value is -1.73. The molecule has 0 bridgehead atoms. The first-order valence-electron chi connectivity index (χ1n) is 8.95. The van der Waals surface area contributed by atoms with E-state index >= 15 is 0 Å². The molecule has 2 aromatic rings. The summed E-state index contributed by atoms with van der Waals surface area (Å²) >= 11 is 1.83. The zero-order valence-corrected chi connectivity index (χ0v) is 15.3. The molecule has 2 aliphatic rings. The first kappa shape index (κ1) is 17.7. The van der Waals surface area contributed by atoms with E-state index in [9.17, 15) is 13.6 Å². The molecule has 0 saturated carbocycles. The number of benzene rings is 1. The quantitative estimate of drug-likeness (QED) is 0.821. The first-order chi connectivity index (χ1) is 12.6. The maximum Gasteiger partial charge on any atom is 0.267 e. The lowest BCUT2D eigenvalue weighted by atomic mass is 10.1. The van der Waals surface area contributed by atoms with E-state index in [0.29, 0.717) is 18.7 Å². The Morgan fingerprint density at radius 3 is 2.81 bits per heavy atom. The summed E-state index contributed by atoms with van der Waals surface area (Å²) in [6.07, 6.45) is 2.87. The summed E-state index contributed by atoms with van der Waals surface area (Å²) in [6.45, 7) is 1.87. The minimum absolute atomic E-state index is 0.0603. The number of halogens is 2. The van der Waals surface area contributed by atoms with E-state index in [4.69, 9.17) is 0 Å². The minimum atomic E-state index is -0.554. The molecule has 1 aromatic carbocycles. The second-order valence-corrected chi connectivity index (χ2v) is 8.09. The van der Waals surface area contributed by atoms with Gasteiger partial charge in [-0.25, -0.2) is 13.5 Å². The lowest BCUT2D eigenvalue weighted by Crippen LogP contribution is -2.37. The Kier molecular flexibility index (Phi) is 5.09. The largest absolute Gasteiger partial charge is 0.294 e. The summed E-state index contributed by atoms with van der Waals surface area (Å²) < 4.78 is 28.5. The standard InChI is InChI=1S/C19H21F2N3OS/c20-15-6-13(7-16(21)9-15)10-23-4-1-2-17(23)11-24-19(25)8-14-12-26-5-3-18(14)22-24/h6-9,17H,1-5,10-12H2. The number of likely N-dealkylation sites (tertiary alicyclic amines) is 1.